The molecule has 0 unspecified atom stereocenters. The van der Waals surface area contributed by atoms with Crippen molar-refractivity contribution in [2.45, 2.75) is 6.54 Å². The number of hydrogen-bond acceptors (Lipinski definition) is 4. The van der Waals surface area contributed by atoms with E-state index in [9.17, 15) is 4.39 Å². The van der Waals surface area contributed by atoms with Crippen molar-refractivity contribution in [1.82, 2.24) is 19.7 Å². The van der Waals surface area contributed by atoms with Crippen LogP contribution in [0.4, 0.5) is 4.39 Å². The summed E-state index contributed by atoms with van der Waals surface area (Å²) >= 11 is 0. The lowest BCUT2D eigenvalue weighted by molar-refractivity contribution is 0.399. The first-order valence-electron chi connectivity index (χ1n) is 6.37. The van der Waals surface area contributed by atoms with Crippen molar-refractivity contribution in [3.63, 3.8) is 0 Å². The summed E-state index contributed by atoms with van der Waals surface area (Å²) in [7, 11) is 1.54. The van der Waals surface area contributed by atoms with Crippen LogP contribution in [0.3, 0.4) is 0 Å². The molecule has 0 N–H and O–H groups in total. The van der Waals surface area contributed by atoms with Crippen LogP contribution in [-0.2, 0) is 6.54 Å². The molecule has 0 atom stereocenters. The van der Waals surface area contributed by atoms with E-state index in [4.69, 9.17) is 4.74 Å². The minimum Gasteiger partial charge on any atom is -0.481 e. The fourth-order valence-corrected chi connectivity index (χ4v) is 2.11. The molecule has 3 aromatic rings. The molecule has 21 heavy (non-hydrogen) atoms. The number of hydrogen-bond donors (Lipinski definition) is 0. The maximum absolute atomic E-state index is 13.4. The van der Waals surface area contributed by atoms with E-state index in [1.165, 1.54) is 18.5 Å². The van der Waals surface area contributed by atoms with Crippen LogP contribution in [0.25, 0.3) is 11.1 Å². The lowest BCUT2D eigenvalue weighted by Crippen LogP contribution is -2.02. The summed E-state index contributed by atoms with van der Waals surface area (Å²) in [5, 5.41) is 4.06. The molecule has 0 saturated carbocycles. The normalized spacial score (nSPS) is 10.6. The van der Waals surface area contributed by atoms with Gasteiger partial charge in [-0.2, -0.15) is 5.10 Å². The van der Waals surface area contributed by atoms with Crippen LogP contribution in [-0.4, -0.2) is 26.9 Å². The second-order valence-electron chi connectivity index (χ2n) is 4.50. The topological polar surface area (TPSA) is 52.8 Å². The number of pyridine rings is 1. The third-order valence-electron chi connectivity index (χ3n) is 3.05. The van der Waals surface area contributed by atoms with E-state index in [2.05, 4.69) is 15.1 Å². The molecule has 2 heterocycles. The van der Waals surface area contributed by atoms with Gasteiger partial charge in [-0.3, -0.25) is 0 Å². The Morgan fingerprint density at radius 1 is 1.29 bits per heavy atom. The maximum Gasteiger partial charge on any atom is 0.221 e. The third-order valence-corrected chi connectivity index (χ3v) is 3.05. The van der Waals surface area contributed by atoms with Crippen molar-refractivity contribution < 1.29 is 9.13 Å². The SMILES string of the molecule is COc1ncc(Cn2cncn2)cc1-c1cccc(F)c1. The quantitative estimate of drug-likeness (QED) is 0.738. The van der Waals surface area contributed by atoms with E-state index in [1.807, 2.05) is 12.1 Å². The zero-order valence-electron chi connectivity index (χ0n) is 11.4. The van der Waals surface area contributed by atoms with E-state index in [1.54, 1.807) is 30.4 Å². The number of methoxy groups -OCH3 is 1. The minimum absolute atomic E-state index is 0.295. The zero-order valence-corrected chi connectivity index (χ0v) is 11.4. The summed E-state index contributed by atoms with van der Waals surface area (Å²) in [6.07, 6.45) is 4.82. The molecule has 1 aromatic carbocycles. The summed E-state index contributed by atoms with van der Waals surface area (Å²) in [4.78, 5) is 8.18. The van der Waals surface area contributed by atoms with Gasteiger partial charge < -0.3 is 4.74 Å². The van der Waals surface area contributed by atoms with Crippen LogP contribution < -0.4 is 4.74 Å². The van der Waals surface area contributed by atoms with Gasteiger partial charge >= 0.3 is 0 Å². The van der Waals surface area contributed by atoms with E-state index in [-0.39, 0.29) is 5.82 Å². The van der Waals surface area contributed by atoms with Gasteiger partial charge in [0.15, 0.2) is 0 Å². The molecule has 0 radical (unpaired) electrons. The van der Waals surface area contributed by atoms with Crippen molar-refractivity contribution >= 4 is 0 Å². The second kappa shape index (κ2) is 5.70. The highest BCUT2D eigenvalue weighted by atomic mass is 19.1. The van der Waals surface area contributed by atoms with Crippen molar-refractivity contribution in [3.05, 3.63) is 60.6 Å². The fraction of sp³-hybridized carbons (Fsp3) is 0.133. The van der Waals surface area contributed by atoms with E-state index >= 15 is 0 Å². The average Bonchev–Trinajstić information content (AvgIpc) is 3.00. The number of benzene rings is 1. The van der Waals surface area contributed by atoms with Gasteiger partial charge in [0.05, 0.1) is 13.7 Å². The molecule has 0 aliphatic heterocycles. The number of ether oxygens (including phenoxy) is 1. The molecule has 0 aliphatic carbocycles. The monoisotopic (exact) mass is 284 g/mol. The largest absolute Gasteiger partial charge is 0.481 e. The number of halogens is 1. The molecule has 6 heteroatoms. The average molecular weight is 284 g/mol. The summed E-state index contributed by atoms with van der Waals surface area (Å²) in [6, 6.07) is 8.26. The molecule has 0 amide bonds. The highest BCUT2D eigenvalue weighted by molar-refractivity contribution is 5.69. The third kappa shape index (κ3) is 2.89. The number of aromatic nitrogens is 4. The van der Waals surface area contributed by atoms with Crippen molar-refractivity contribution in [3.8, 4) is 17.0 Å². The highest BCUT2D eigenvalue weighted by Crippen LogP contribution is 2.29. The fourth-order valence-electron chi connectivity index (χ4n) is 2.11. The smallest absolute Gasteiger partial charge is 0.221 e. The van der Waals surface area contributed by atoms with Crippen molar-refractivity contribution in [2.75, 3.05) is 7.11 Å². The van der Waals surface area contributed by atoms with Crippen LogP contribution in [0.2, 0.25) is 0 Å². The first kappa shape index (κ1) is 13.2. The number of nitrogens with zero attached hydrogens (tertiary/aromatic N) is 4. The Balaban J connectivity index is 2.01. The highest BCUT2D eigenvalue weighted by Gasteiger charge is 2.10. The van der Waals surface area contributed by atoms with Crippen molar-refractivity contribution in [2.24, 2.45) is 0 Å². The molecule has 0 aliphatic rings. The first-order chi connectivity index (χ1) is 10.3. The molecule has 5 nitrogen and oxygen atoms in total. The van der Waals surface area contributed by atoms with E-state index in [0.717, 1.165) is 16.7 Å². The van der Waals surface area contributed by atoms with Crippen LogP contribution >= 0.6 is 0 Å². The van der Waals surface area contributed by atoms with E-state index < -0.39 is 0 Å². The van der Waals surface area contributed by atoms with Crippen LogP contribution in [0.5, 0.6) is 5.88 Å². The van der Waals surface area contributed by atoms with Gasteiger partial charge in [0, 0.05) is 11.8 Å². The molecule has 2 aromatic heterocycles. The van der Waals surface area contributed by atoms with Gasteiger partial charge in [0.25, 0.3) is 0 Å². The Kier molecular flexibility index (Phi) is 3.59. The predicted molar refractivity (Wildman–Crippen MR) is 75.3 cm³/mol. The minimum atomic E-state index is -0.295. The molecule has 3 rings (SSSR count). The second-order valence-corrected chi connectivity index (χ2v) is 4.50. The predicted octanol–water partition coefficient (Wildman–Crippen LogP) is 2.54. The lowest BCUT2D eigenvalue weighted by Gasteiger charge is -2.10. The van der Waals surface area contributed by atoms with E-state index in [0.29, 0.717) is 12.4 Å². The summed E-state index contributed by atoms with van der Waals surface area (Å²) in [6.45, 7) is 0.541. The molecular weight excluding hydrogens is 271 g/mol. The molecule has 0 saturated heterocycles. The van der Waals surface area contributed by atoms with Gasteiger partial charge in [-0.25, -0.2) is 19.0 Å². The van der Waals surface area contributed by atoms with Crippen LogP contribution in [0.1, 0.15) is 5.56 Å². The first-order valence-corrected chi connectivity index (χ1v) is 6.37. The Morgan fingerprint density at radius 3 is 2.90 bits per heavy atom. The van der Waals surface area contributed by atoms with Gasteiger partial charge in [-0.1, -0.05) is 12.1 Å². The Morgan fingerprint density at radius 2 is 2.19 bits per heavy atom. The van der Waals surface area contributed by atoms with Gasteiger partial charge in [-0.05, 0) is 29.3 Å². The molecular formula is C15H13FN4O. The zero-order chi connectivity index (χ0) is 14.7. The molecule has 0 spiro atoms. The molecule has 106 valence electrons. The Bertz CT molecular complexity index is 743. The number of rotatable bonds is 4. The summed E-state index contributed by atoms with van der Waals surface area (Å²) in [5.41, 5.74) is 2.40. The lowest BCUT2D eigenvalue weighted by atomic mass is 10.1. The Hall–Kier alpha value is -2.76. The van der Waals surface area contributed by atoms with Crippen molar-refractivity contribution in [1.29, 1.82) is 0 Å². The standard InChI is InChI=1S/C15H13FN4O/c1-21-15-14(12-3-2-4-13(16)6-12)5-11(7-18-15)8-20-10-17-9-19-20/h2-7,9-10H,8H2,1H3. The van der Waals surface area contributed by atoms with Gasteiger partial charge in [-0.15, -0.1) is 0 Å². The summed E-state index contributed by atoms with van der Waals surface area (Å²) in [5.74, 6) is 0.166. The van der Waals surface area contributed by atoms with Gasteiger partial charge in [0.2, 0.25) is 5.88 Å². The van der Waals surface area contributed by atoms with Crippen LogP contribution in [0, 0.1) is 5.82 Å². The molecule has 0 fully saturated rings. The molecule has 0 bridgehead atoms. The summed E-state index contributed by atoms with van der Waals surface area (Å²) < 4.78 is 20.4. The van der Waals surface area contributed by atoms with Crippen LogP contribution in [0.15, 0.2) is 49.2 Å². The van der Waals surface area contributed by atoms with Gasteiger partial charge in [0.1, 0.15) is 18.5 Å². The maximum atomic E-state index is 13.4. The Labute approximate surface area is 121 Å².